The van der Waals surface area contributed by atoms with E-state index in [9.17, 15) is 9.82 Å². The van der Waals surface area contributed by atoms with E-state index < -0.39 is 11.7 Å². The molecule has 0 spiro atoms. The largest absolute Gasteiger partial charge is 0.449 e. The first-order valence-corrected chi connectivity index (χ1v) is 8.37. The van der Waals surface area contributed by atoms with Gasteiger partial charge in [-0.05, 0) is 52.2 Å². The van der Waals surface area contributed by atoms with E-state index in [-0.39, 0.29) is 0 Å². The summed E-state index contributed by atoms with van der Waals surface area (Å²) in [6.07, 6.45) is 4.74. The molecular weight excluding hydrogens is 305 g/mol. The third-order valence-electron chi connectivity index (χ3n) is 4.11. The molecule has 24 heavy (non-hydrogen) atoms. The Kier molecular flexibility index (Phi) is 4.54. The van der Waals surface area contributed by atoms with Crippen LogP contribution in [0, 0.1) is 0 Å². The van der Waals surface area contributed by atoms with Crippen molar-refractivity contribution in [1.29, 1.82) is 0 Å². The molecule has 127 valence electrons. The van der Waals surface area contributed by atoms with E-state index >= 15 is 0 Å². The molecule has 0 bridgehead atoms. The molecule has 1 aliphatic heterocycles. The van der Waals surface area contributed by atoms with Gasteiger partial charge in [-0.25, -0.2) is 14.3 Å². The molecule has 1 N–H and O–H groups in total. The Balaban J connectivity index is 2.08. The summed E-state index contributed by atoms with van der Waals surface area (Å²) in [6, 6.07) is 3.75. The van der Waals surface area contributed by atoms with Gasteiger partial charge in [0.05, 0.1) is 0 Å². The van der Waals surface area contributed by atoms with Crippen LogP contribution in [0.2, 0.25) is 0 Å². The predicted molar refractivity (Wildman–Crippen MR) is 95.0 cm³/mol. The molecule has 0 unspecified atom stereocenters. The van der Waals surface area contributed by atoms with Crippen molar-refractivity contribution in [3.63, 3.8) is 0 Å². The van der Waals surface area contributed by atoms with Crippen LogP contribution in [0.4, 0.5) is 10.5 Å². The van der Waals surface area contributed by atoms with Gasteiger partial charge in [-0.1, -0.05) is 0 Å². The lowest BCUT2D eigenvalue weighted by atomic mass is 9.96. The summed E-state index contributed by atoms with van der Waals surface area (Å²) in [5.74, 6) is 0. The molecule has 6 nitrogen and oxygen atoms in total. The number of aromatic nitrogens is 2. The van der Waals surface area contributed by atoms with Gasteiger partial charge >= 0.3 is 13.6 Å². The van der Waals surface area contributed by atoms with Gasteiger partial charge in [-0.2, -0.15) is 0 Å². The van der Waals surface area contributed by atoms with Gasteiger partial charge in [-0.3, -0.25) is 0 Å². The number of ether oxygens (including phenoxy) is 1. The number of piperidine rings is 1. The van der Waals surface area contributed by atoms with Crippen LogP contribution in [0.15, 0.2) is 18.3 Å². The second-order valence-corrected chi connectivity index (χ2v) is 7.13. The van der Waals surface area contributed by atoms with Crippen LogP contribution in [0.25, 0.3) is 11.0 Å². The highest BCUT2D eigenvalue weighted by Crippen LogP contribution is 2.28. The lowest BCUT2D eigenvalue weighted by Gasteiger charge is -2.29. The maximum atomic E-state index is 12.6. The first-order chi connectivity index (χ1) is 11.4. The second kappa shape index (κ2) is 6.47. The molecule has 1 fully saturated rings. The van der Waals surface area contributed by atoms with E-state index in [0.29, 0.717) is 11.2 Å². The van der Waals surface area contributed by atoms with Crippen LogP contribution < -0.4 is 10.5 Å². The zero-order valence-corrected chi connectivity index (χ0v) is 14.5. The molecule has 0 aromatic carbocycles. The van der Waals surface area contributed by atoms with Gasteiger partial charge < -0.3 is 14.7 Å². The average molecular weight is 328 g/mol. The summed E-state index contributed by atoms with van der Waals surface area (Å²) >= 11 is 0. The summed E-state index contributed by atoms with van der Waals surface area (Å²) in [5.41, 5.74) is 1.30. The minimum absolute atomic E-state index is 0.371. The van der Waals surface area contributed by atoms with E-state index in [0.717, 1.165) is 44.5 Å². The predicted octanol–water partition coefficient (Wildman–Crippen LogP) is 2.05. The van der Waals surface area contributed by atoms with Crippen LogP contribution >= 0.6 is 0 Å². The highest BCUT2D eigenvalue weighted by Gasteiger charge is 2.25. The Morgan fingerprint density at radius 1 is 1.29 bits per heavy atom. The number of carbonyl (C=O) groups excluding carboxylic acids is 1. The molecule has 0 atom stereocenters. The van der Waals surface area contributed by atoms with Crippen LogP contribution in [0.1, 0.15) is 40.0 Å². The van der Waals surface area contributed by atoms with Crippen molar-refractivity contribution >= 4 is 35.9 Å². The van der Waals surface area contributed by atoms with Crippen molar-refractivity contribution in [2.45, 2.75) is 45.6 Å². The third kappa shape index (κ3) is 3.26. The number of carbonyl (C=O) groups is 1. The monoisotopic (exact) mass is 328 g/mol. The van der Waals surface area contributed by atoms with Gasteiger partial charge in [0.25, 0.3) is 0 Å². The molecular formula is C17H23BN3O3. The second-order valence-electron chi connectivity index (χ2n) is 7.13. The summed E-state index contributed by atoms with van der Waals surface area (Å²) in [4.78, 5) is 19.2. The maximum Gasteiger partial charge on any atom is 0.419 e. The topological polar surface area (TPSA) is 67.6 Å². The van der Waals surface area contributed by atoms with Crippen molar-refractivity contribution in [2.24, 2.45) is 0 Å². The van der Waals surface area contributed by atoms with E-state index in [4.69, 9.17) is 4.74 Å². The minimum Gasteiger partial charge on any atom is -0.449 e. The van der Waals surface area contributed by atoms with Crippen molar-refractivity contribution in [3.8, 4) is 0 Å². The van der Waals surface area contributed by atoms with Crippen molar-refractivity contribution in [2.75, 3.05) is 18.0 Å². The van der Waals surface area contributed by atoms with Crippen LogP contribution in [0.5, 0.6) is 0 Å². The van der Waals surface area contributed by atoms with Gasteiger partial charge in [0, 0.05) is 36.0 Å². The van der Waals surface area contributed by atoms with E-state index in [2.05, 4.69) is 9.88 Å². The van der Waals surface area contributed by atoms with Gasteiger partial charge in [-0.15, -0.1) is 0 Å². The zero-order chi connectivity index (χ0) is 17.3. The zero-order valence-electron chi connectivity index (χ0n) is 14.5. The summed E-state index contributed by atoms with van der Waals surface area (Å²) in [7, 11) is 0.922. The Bertz CT molecular complexity index is 745. The molecule has 0 aliphatic carbocycles. The maximum absolute atomic E-state index is 12.6. The van der Waals surface area contributed by atoms with Crippen LogP contribution in [0.3, 0.4) is 0 Å². The Hall–Kier alpha value is -2.02. The first-order valence-electron chi connectivity index (χ1n) is 8.37. The molecule has 7 heteroatoms. The molecule has 2 aromatic rings. The summed E-state index contributed by atoms with van der Waals surface area (Å²) < 4.78 is 6.78. The number of nitrogens with zero attached hydrogens (tertiary/aromatic N) is 3. The standard InChI is InChI=1S/C17H23BN3O3/c1-17(2,3)24-16(22)21-14(18-23)11-12-13(7-8-19-15(12)21)20-9-5-4-6-10-20/h7-8,11,23H,4-6,9-10H2,1-3H3. The van der Waals surface area contributed by atoms with Gasteiger partial charge in [0.15, 0.2) is 5.65 Å². The van der Waals surface area contributed by atoms with E-state index in [1.807, 2.05) is 26.8 Å². The number of hydrogen-bond acceptors (Lipinski definition) is 5. The molecule has 3 rings (SSSR count). The molecule has 3 heterocycles. The molecule has 1 saturated heterocycles. The fourth-order valence-corrected chi connectivity index (χ4v) is 3.11. The SMILES string of the molecule is CC(C)(C)OC(=O)n1c([B]O)cc2c(N3CCCCC3)ccnc21. The van der Waals surface area contributed by atoms with Crippen molar-refractivity contribution < 1.29 is 14.6 Å². The highest BCUT2D eigenvalue weighted by molar-refractivity contribution is 6.46. The summed E-state index contributed by atoms with van der Waals surface area (Å²) in [5, 5.41) is 10.4. The first kappa shape index (κ1) is 16.8. The number of fused-ring (bicyclic) bond motifs is 1. The summed E-state index contributed by atoms with van der Waals surface area (Å²) in [6.45, 7) is 7.42. The third-order valence-corrected chi connectivity index (χ3v) is 4.11. The molecule has 1 aliphatic rings. The number of pyridine rings is 1. The molecule has 2 aromatic heterocycles. The fraction of sp³-hybridized carbons (Fsp3) is 0.529. The van der Waals surface area contributed by atoms with Gasteiger partial charge in [0.1, 0.15) is 5.60 Å². The van der Waals surface area contributed by atoms with Crippen LogP contribution in [-0.2, 0) is 4.74 Å². The molecule has 0 saturated carbocycles. The number of hydrogen-bond donors (Lipinski definition) is 1. The normalized spacial score (nSPS) is 15.6. The Morgan fingerprint density at radius 2 is 2.00 bits per heavy atom. The lowest BCUT2D eigenvalue weighted by molar-refractivity contribution is 0.0548. The fourth-order valence-electron chi connectivity index (χ4n) is 3.11. The van der Waals surface area contributed by atoms with Gasteiger partial charge in [0.2, 0.25) is 0 Å². The highest BCUT2D eigenvalue weighted by atomic mass is 16.6. The average Bonchev–Trinajstić information content (AvgIpc) is 2.92. The smallest absolute Gasteiger partial charge is 0.419 e. The quantitative estimate of drug-likeness (QED) is 0.855. The van der Waals surface area contributed by atoms with Crippen molar-refractivity contribution in [1.82, 2.24) is 9.55 Å². The molecule has 0 amide bonds. The van der Waals surface area contributed by atoms with E-state index in [1.54, 1.807) is 12.3 Å². The van der Waals surface area contributed by atoms with E-state index in [1.165, 1.54) is 11.0 Å². The number of rotatable bonds is 2. The Morgan fingerprint density at radius 3 is 2.62 bits per heavy atom. The number of anilines is 1. The van der Waals surface area contributed by atoms with Crippen LogP contribution in [-0.4, -0.2) is 46.8 Å². The minimum atomic E-state index is -0.620. The lowest BCUT2D eigenvalue weighted by Crippen LogP contribution is -2.34. The Labute approximate surface area is 142 Å². The van der Waals surface area contributed by atoms with Crippen molar-refractivity contribution in [3.05, 3.63) is 18.3 Å². The molecule has 1 radical (unpaired) electrons.